The number of Topliss-reactive ketones (excluding diaryl/α,β-unsaturated/α-hetero) is 1. The summed E-state index contributed by atoms with van der Waals surface area (Å²) in [6.45, 7) is 5.96. The first-order chi connectivity index (χ1) is 12.6. The number of hydrogen-bond acceptors (Lipinski definition) is 5. The molecule has 0 unspecified atom stereocenters. The van der Waals surface area contributed by atoms with Gasteiger partial charge in [-0.05, 0) is 23.5 Å². The summed E-state index contributed by atoms with van der Waals surface area (Å²) in [6, 6.07) is 6.02. The Morgan fingerprint density at radius 2 is 2.00 bits per heavy atom. The maximum absolute atomic E-state index is 13.5. The zero-order valence-corrected chi connectivity index (χ0v) is 15.8. The number of aliphatic hydroxyl groups excluding tert-OH is 1. The van der Waals surface area contributed by atoms with Gasteiger partial charge in [-0.1, -0.05) is 39.0 Å². The molecule has 7 nitrogen and oxygen atoms in total. The number of ether oxygens (including phenoxy) is 1. The molecule has 0 saturated carbocycles. The average molecular weight is 374 g/mol. The van der Waals surface area contributed by atoms with Crippen molar-refractivity contribution in [2.75, 3.05) is 13.2 Å². The van der Waals surface area contributed by atoms with Crippen LogP contribution in [-0.2, 0) is 14.3 Å². The largest absolute Gasteiger partial charge is 0.388 e. The Hall–Kier alpha value is -2.25. The fraction of sp³-hybridized carbons (Fsp3) is 0.550. The van der Waals surface area contributed by atoms with Crippen LogP contribution in [0.15, 0.2) is 24.3 Å². The van der Waals surface area contributed by atoms with Gasteiger partial charge in [0.05, 0.1) is 12.5 Å². The van der Waals surface area contributed by atoms with Crippen molar-refractivity contribution < 1.29 is 24.2 Å². The van der Waals surface area contributed by atoms with E-state index in [1.807, 2.05) is 20.8 Å². The number of nitrogens with two attached hydrogens (primary N) is 1. The van der Waals surface area contributed by atoms with Crippen LogP contribution in [0.4, 0.5) is 0 Å². The highest BCUT2D eigenvalue weighted by atomic mass is 16.5. The predicted octanol–water partition coefficient (Wildman–Crippen LogP) is 0.845. The van der Waals surface area contributed by atoms with E-state index in [0.717, 1.165) is 0 Å². The van der Waals surface area contributed by atoms with E-state index in [9.17, 15) is 19.5 Å². The average Bonchev–Trinajstić information content (AvgIpc) is 3.13. The van der Waals surface area contributed by atoms with Crippen LogP contribution < -0.4 is 5.73 Å². The summed E-state index contributed by atoms with van der Waals surface area (Å²) in [7, 11) is 0. The molecule has 0 aliphatic carbocycles. The van der Waals surface area contributed by atoms with Crippen LogP contribution in [0.25, 0.3) is 0 Å². The van der Waals surface area contributed by atoms with Gasteiger partial charge in [0, 0.05) is 5.56 Å². The maximum atomic E-state index is 13.5. The molecule has 3 N–H and O–H groups in total. The Labute approximate surface area is 158 Å². The van der Waals surface area contributed by atoms with Crippen molar-refractivity contribution in [1.29, 1.82) is 0 Å². The van der Waals surface area contributed by atoms with E-state index in [1.165, 1.54) is 4.90 Å². The van der Waals surface area contributed by atoms with Crippen molar-refractivity contribution in [1.82, 2.24) is 4.90 Å². The van der Waals surface area contributed by atoms with Crippen LogP contribution >= 0.6 is 0 Å². The molecule has 0 aromatic heterocycles. The third-order valence-corrected chi connectivity index (χ3v) is 5.16. The van der Waals surface area contributed by atoms with E-state index in [2.05, 4.69) is 0 Å². The highest BCUT2D eigenvalue weighted by Gasteiger charge is 2.53. The molecule has 27 heavy (non-hydrogen) atoms. The molecule has 2 aliphatic heterocycles. The molecule has 2 amide bonds. The van der Waals surface area contributed by atoms with Crippen LogP contribution in [0, 0.1) is 5.41 Å². The maximum Gasteiger partial charge on any atom is 0.249 e. The van der Waals surface area contributed by atoms with Crippen molar-refractivity contribution in [3.8, 4) is 0 Å². The third kappa shape index (κ3) is 3.75. The summed E-state index contributed by atoms with van der Waals surface area (Å²) in [5.41, 5.74) is 6.16. The summed E-state index contributed by atoms with van der Waals surface area (Å²) in [5.74, 6) is -1.74. The molecule has 4 atom stereocenters. The molecular formula is C20H26N2O5. The number of rotatable bonds is 4. The van der Waals surface area contributed by atoms with Gasteiger partial charge >= 0.3 is 0 Å². The number of primary amides is 1. The number of fused-ring (bicyclic) bond motifs is 1. The van der Waals surface area contributed by atoms with Gasteiger partial charge in [-0.2, -0.15) is 0 Å². The Morgan fingerprint density at radius 1 is 1.33 bits per heavy atom. The van der Waals surface area contributed by atoms with E-state index in [0.29, 0.717) is 17.5 Å². The fourth-order valence-electron chi connectivity index (χ4n) is 4.02. The lowest BCUT2D eigenvalue weighted by Gasteiger charge is -2.31. The number of carbonyl (C=O) groups excluding carboxylic acids is 3. The smallest absolute Gasteiger partial charge is 0.249 e. The molecule has 2 heterocycles. The third-order valence-electron chi connectivity index (χ3n) is 5.16. The van der Waals surface area contributed by atoms with Crippen molar-refractivity contribution >= 4 is 17.6 Å². The van der Waals surface area contributed by atoms with Gasteiger partial charge in [0.2, 0.25) is 11.8 Å². The van der Waals surface area contributed by atoms with Gasteiger partial charge in [0.15, 0.2) is 5.78 Å². The Balaban J connectivity index is 2.00. The van der Waals surface area contributed by atoms with E-state index >= 15 is 0 Å². The minimum absolute atomic E-state index is 0.0410. The summed E-state index contributed by atoms with van der Waals surface area (Å²) in [5, 5.41) is 10.2. The first-order valence-corrected chi connectivity index (χ1v) is 9.12. The number of likely N-dealkylation sites (tertiary alicyclic amines) is 1. The number of carbonyl (C=O) groups is 3. The topological polar surface area (TPSA) is 110 Å². The van der Waals surface area contributed by atoms with Gasteiger partial charge in [0.1, 0.15) is 24.9 Å². The Kier molecular flexibility index (Phi) is 5.10. The molecule has 1 aromatic carbocycles. The predicted molar refractivity (Wildman–Crippen MR) is 98.0 cm³/mol. The van der Waals surface area contributed by atoms with Crippen molar-refractivity contribution in [2.45, 2.75) is 51.4 Å². The second-order valence-electron chi connectivity index (χ2n) is 8.51. The minimum atomic E-state index is -0.896. The first-order valence-electron chi connectivity index (χ1n) is 9.12. The summed E-state index contributed by atoms with van der Waals surface area (Å²) < 4.78 is 5.36. The van der Waals surface area contributed by atoms with Gasteiger partial charge in [0.25, 0.3) is 0 Å². The zero-order valence-electron chi connectivity index (χ0n) is 15.8. The quantitative estimate of drug-likeness (QED) is 0.812. The van der Waals surface area contributed by atoms with Crippen LogP contribution in [0.5, 0.6) is 0 Å². The lowest BCUT2D eigenvalue weighted by atomic mass is 9.79. The van der Waals surface area contributed by atoms with Crippen LogP contribution in [0.3, 0.4) is 0 Å². The summed E-state index contributed by atoms with van der Waals surface area (Å²) in [6.07, 6.45) is -1.11. The van der Waals surface area contributed by atoms with Gasteiger partial charge in [-0.25, -0.2) is 0 Å². The normalized spacial score (nSPS) is 26.1. The number of aliphatic hydroxyl groups is 1. The van der Waals surface area contributed by atoms with E-state index < -0.39 is 30.1 Å². The lowest BCUT2D eigenvalue weighted by molar-refractivity contribution is -0.138. The molecule has 2 aliphatic rings. The van der Waals surface area contributed by atoms with Crippen molar-refractivity contribution in [3.05, 3.63) is 35.4 Å². The van der Waals surface area contributed by atoms with Crippen molar-refractivity contribution in [2.24, 2.45) is 11.1 Å². The lowest BCUT2D eigenvalue weighted by Crippen LogP contribution is -2.45. The molecule has 0 bridgehead atoms. The zero-order chi connectivity index (χ0) is 19.9. The Morgan fingerprint density at radius 3 is 2.63 bits per heavy atom. The number of ketones is 1. The second-order valence-corrected chi connectivity index (χ2v) is 8.51. The standard InChI is InChI=1S/C20H26N2O5/c1-20(2,3)8-13(11-6-4-5-7-12(11)18(21)25)19(26)22-9-14(23)17-16(22)15(24)10-27-17/h4-7,13-14,16-17,23H,8-10H2,1-3H3,(H2,21,25)/t13-,14+,16+,17+/m0/s1. The molecule has 0 spiro atoms. The second kappa shape index (κ2) is 7.05. The molecular weight excluding hydrogens is 348 g/mol. The molecule has 7 heteroatoms. The molecule has 3 rings (SSSR count). The van der Waals surface area contributed by atoms with E-state index in [1.54, 1.807) is 24.3 Å². The Bertz CT molecular complexity index is 770. The van der Waals surface area contributed by atoms with Gasteiger partial charge < -0.3 is 20.5 Å². The van der Waals surface area contributed by atoms with E-state index in [4.69, 9.17) is 10.5 Å². The molecule has 146 valence electrons. The highest BCUT2D eigenvalue weighted by Crippen LogP contribution is 2.37. The number of nitrogens with zero attached hydrogens (tertiary/aromatic N) is 1. The molecule has 1 aromatic rings. The van der Waals surface area contributed by atoms with Gasteiger partial charge in [-0.15, -0.1) is 0 Å². The molecule has 2 fully saturated rings. The first kappa shape index (κ1) is 19.5. The molecule has 0 radical (unpaired) electrons. The highest BCUT2D eigenvalue weighted by molar-refractivity contribution is 5.98. The SMILES string of the molecule is CC(C)(C)C[C@H](C(=O)N1C[C@@H](O)[C@H]2OCC(=O)[C@H]21)c1ccccc1C(N)=O. The minimum Gasteiger partial charge on any atom is -0.388 e. The summed E-state index contributed by atoms with van der Waals surface area (Å²) in [4.78, 5) is 39.0. The number of β-amino-alcohol motifs (C(OH)–C–C–N with tert-alkyl or cyclic N) is 1. The number of amides is 2. The van der Waals surface area contributed by atoms with Crippen LogP contribution in [-0.4, -0.2) is 59.0 Å². The van der Waals surface area contributed by atoms with Gasteiger partial charge in [-0.3, -0.25) is 14.4 Å². The van der Waals surface area contributed by atoms with Crippen LogP contribution in [0.1, 0.15) is 49.0 Å². The van der Waals surface area contributed by atoms with Crippen LogP contribution in [0.2, 0.25) is 0 Å². The molecule has 2 saturated heterocycles. The number of benzene rings is 1. The van der Waals surface area contributed by atoms with E-state index in [-0.39, 0.29) is 30.3 Å². The summed E-state index contributed by atoms with van der Waals surface area (Å²) >= 11 is 0. The fourth-order valence-corrected chi connectivity index (χ4v) is 4.02. The van der Waals surface area contributed by atoms with Crippen molar-refractivity contribution in [3.63, 3.8) is 0 Å². The monoisotopic (exact) mass is 374 g/mol. The number of hydrogen-bond donors (Lipinski definition) is 2.